The van der Waals surface area contributed by atoms with Gasteiger partial charge in [0.05, 0.1) is 5.75 Å². The Morgan fingerprint density at radius 3 is 2.61 bits per heavy atom. The van der Waals surface area contributed by atoms with E-state index in [0.717, 1.165) is 24.5 Å². The van der Waals surface area contributed by atoms with Crippen LogP contribution < -0.4 is 10.6 Å². The summed E-state index contributed by atoms with van der Waals surface area (Å²) in [5.74, 6) is 2.52. The molecule has 1 saturated heterocycles. The Kier molecular flexibility index (Phi) is 13.6. The van der Waals surface area contributed by atoms with Crippen molar-refractivity contribution in [2.75, 3.05) is 63.7 Å². The lowest BCUT2D eigenvalue weighted by molar-refractivity contribution is 0.197. The molecule has 1 fully saturated rings. The van der Waals surface area contributed by atoms with Gasteiger partial charge in [-0.2, -0.15) is 11.8 Å². The number of hydrogen-bond donors (Lipinski definition) is 2. The molecular formula is C13H29IN4O3S2. The zero-order chi connectivity index (χ0) is 16.3. The fourth-order valence-electron chi connectivity index (χ4n) is 1.99. The van der Waals surface area contributed by atoms with Gasteiger partial charge in [-0.25, -0.2) is 12.7 Å². The third-order valence-electron chi connectivity index (χ3n) is 3.14. The topological polar surface area (TPSA) is 83.0 Å². The van der Waals surface area contributed by atoms with Crippen LogP contribution in [0.2, 0.25) is 0 Å². The van der Waals surface area contributed by atoms with Gasteiger partial charge in [-0.15, -0.1) is 24.0 Å². The Bertz CT molecular complexity index is 429. The number of methoxy groups -OCH3 is 1. The van der Waals surface area contributed by atoms with E-state index < -0.39 is 10.0 Å². The zero-order valence-electron chi connectivity index (χ0n) is 13.9. The fraction of sp³-hybridized carbons (Fsp3) is 0.923. The highest BCUT2D eigenvalue weighted by molar-refractivity contribution is 14.0. The molecule has 1 aliphatic heterocycles. The number of rotatable bonds is 9. The number of aliphatic imine (C=N–C) groups is 1. The van der Waals surface area contributed by atoms with E-state index in [0.29, 0.717) is 38.7 Å². The highest BCUT2D eigenvalue weighted by Crippen LogP contribution is 2.12. The first-order valence-corrected chi connectivity index (χ1v) is 10.4. The lowest BCUT2D eigenvalue weighted by Gasteiger charge is -2.25. The maximum absolute atomic E-state index is 12.2. The van der Waals surface area contributed by atoms with E-state index in [2.05, 4.69) is 15.6 Å². The van der Waals surface area contributed by atoms with Crippen LogP contribution in [0.4, 0.5) is 0 Å². The van der Waals surface area contributed by atoms with Gasteiger partial charge in [0.15, 0.2) is 5.96 Å². The van der Waals surface area contributed by atoms with Crippen LogP contribution >= 0.6 is 35.7 Å². The van der Waals surface area contributed by atoms with Crippen molar-refractivity contribution >= 4 is 51.7 Å². The summed E-state index contributed by atoms with van der Waals surface area (Å²) < 4.78 is 31.0. The molecule has 0 aliphatic carbocycles. The van der Waals surface area contributed by atoms with Gasteiger partial charge in [0, 0.05) is 57.9 Å². The minimum absolute atomic E-state index is 0. The molecule has 0 saturated carbocycles. The van der Waals surface area contributed by atoms with Crippen molar-refractivity contribution in [1.82, 2.24) is 14.9 Å². The molecule has 0 aromatic rings. The number of guanidine groups is 1. The first-order valence-electron chi connectivity index (χ1n) is 7.67. The molecular weight excluding hydrogens is 451 g/mol. The highest BCUT2D eigenvalue weighted by Gasteiger charge is 2.23. The maximum atomic E-state index is 12.2. The van der Waals surface area contributed by atoms with E-state index in [-0.39, 0.29) is 29.7 Å². The Morgan fingerprint density at radius 2 is 2.00 bits per heavy atom. The molecule has 23 heavy (non-hydrogen) atoms. The number of nitrogens with one attached hydrogen (secondary N) is 2. The maximum Gasteiger partial charge on any atom is 0.215 e. The van der Waals surface area contributed by atoms with Gasteiger partial charge in [0.1, 0.15) is 0 Å². The first kappa shape index (κ1) is 23.2. The van der Waals surface area contributed by atoms with E-state index in [1.165, 1.54) is 0 Å². The van der Waals surface area contributed by atoms with Crippen molar-refractivity contribution in [2.45, 2.75) is 13.3 Å². The molecule has 0 spiro atoms. The van der Waals surface area contributed by atoms with Crippen molar-refractivity contribution in [2.24, 2.45) is 4.99 Å². The molecule has 0 aromatic heterocycles. The highest BCUT2D eigenvalue weighted by atomic mass is 127. The van der Waals surface area contributed by atoms with Crippen LogP contribution in [0, 0.1) is 0 Å². The smallest absolute Gasteiger partial charge is 0.215 e. The van der Waals surface area contributed by atoms with E-state index in [1.54, 1.807) is 23.2 Å². The van der Waals surface area contributed by atoms with Gasteiger partial charge in [0.2, 0.25) is 10.0 Å². The minimum Gasteiger partial charge on any atom is -0.385 e. The van der Waals surface area contributed by atoms with Crippen LogP contribution in [0.5, 0.6) is 0 Å². The molecule has 0 unspecified atom stereocenters. The van der Waals surface area contributed by atoms with Crippen LogP contribution in [0.3, 0.4) is 0 Å². The summed E-state index contributed by atoms with van der Waals surface area (Å²) in [5, 5.41) is 6.19. The second-order valence-electron chi connectivity index (χ2n) is 4.86. The Morgan fingerprint density at radius 1 is 1.30 bits per heavy atom. The van der Waals surface area contributed by atoms with Gasteiger partial charge in [-0.3, -0.25) is 4.99 Å². The number of thioether (sulfide) groups is 1. The van der Waals surface area contributed by atoms with Gasteiger partial charge in [0.25, 0.3) is 0 Å². The zero-order valence-corrected chi connectivity index (χ0v) is 17.9. The molecule has 0 amide bonds. The van der Waals surface area contributed by atoms with Gasteiger partial charge in [-0.1, -0.05) is 0 Å². The SMILES string of the molecule is CCNC(=NCCCOC)NCCS(=O)(=O)N1CCSCC1.I. The molecule has 7 nitrogen and oxygen atoms in total. The van der Waals surface area contributed by atoms with Crippen LogP contribution in [0.1, 0.15) is 13.3 Å². The molecule has 1 rings (SSSR count). The molecule has 0 bridgehead atoms. The van der Waals surface area contributed by atoms with Crippen LogP contribution in [0.15, 0.2) is 4.99 Å². The predicted molar refractivity (Wildman–Crippen MR) is 109 cm³/mol. The van der Waals surface area contributed by atoms with Crippen molar-refractivity contribution in [3.05, 3.63) is 0 Å². The van der Waals surface area contributed by atoms with E-state index in [1.807, 2.05) is 6.92 Å². The van der Waals surface area contributed by atoms with Gasteiger partial charge >= 0.3 is 0 Å². The third kappa shape index (κ3) is 9.95. The third-order valence-corrected chi connectivity index (χ3v) is 5.95. The quantitative estimate of drug-likeness (QED) is 0.218. The molecule has 1 heterocycles. The summed E-state index contributed by atoms with van der Waals surface area (Å²) >= 11 is 1.80. The summed E-state index contributed by atoms with van der Waals surface area (Å²) in [6.07, 6.45) is 0.844. The predicted octanol–water partition coefficient (Wildman–Crippen LogP) is 0.575. The van der Waals surface area contributed by atoms with Crippen molar-refractivity contribution in [3.63, 3.8) is 0 Å². The molecule has 10 heteroatoms. The minimum atomic E-state index is -3.17. The summed E-state index contributed by atoms with van der Waals surface area (Å²) in [6, 6.07) is 0. The summed E-state index contributed by atoms with van der Waals surface area (Å²) in [6.45, 7) is 5.66. The second kappa shape index (κ2) is 13.5. The number of hydrogen-bond acceptors (Lipinski definition) is 5. The Labute approximate surface area is 161 Å². The average molecular weight is 480 g/mol. The number of halogens is 1. The lowest BCUT2D eigenvalue weighted by Crippen LogP contribution is -2.44. The van der Waals surface area contributed by atoms with Gasteiger partial charge in [-0.05, 0) is 13.3 Å². The number of ether oxygens (including phenoxy) is 1. The van der Waals surface area contributed by atoms with Crippen LogP contribution in [0.25, 0.3) is 0 Å². The number of nitrogens with zero attached hydrogens (tertiary/aromatic N) is 2. The Balaban J connectivity index is 0.00000484. The summed E-state index contributed by atoms with van der Waals surface area (Å²) in [5.41, 5.74) is 0. The number of sulfonamides is 1. The average Bonchev–Trinajstić information content (AvgIpc) is 2.52. The van der Waals surface area contributed by atoms with Crippen LogP contribution in [-0.4, -0.2) is 82.4 Å². The Hall–Kier alpha value is 0.220. The van der Waals surface area contributed by atoms with E-state index in [4.69, 9.17) is 4.74 Å². The lowest BCUT2D eigenvalue weighted by atomic mass is 10.5. The second-order valence-corrected chi connectivity index (χ2v) is 8.17. The largest absolute Gasteiger partial charge is 0.385 e. The van der Waals surface area contributed by atoms with Crippen LogP contribution in [-0.2, 0) is 14.8 Å². The van der Waals surface area contributed by atoms with Crippen molar-refractivity contribution in [1.29, 1.82) is 0 Å². The molecule has 1 aliphatic rings. The van der Waals surface area contributed by atoms with E-state index in [9.17, 15) is 8.42 Å². The standard InChI is InChI=1S/C13H28N4O3S2.HI/c1-3-14-13(15-5-4-9-20-2)16-6-12-22(18,19)17-7-10-21-11-8-17;/h3-12H2,1-2H3,(H2,14,15,16);1H. The molecule has 2 N–H and O–H groups in total. The molecule has 138 valence electrons. The molecule has 0 atom stereocenters. The van der Waals surface area contributed by atoms with Crippen molar-refractivity contribution < 1.29 is 13.2 Å². The monoisotopic (exact) mass is 480 g/mol. The first-order chi connectivity index (χ1) is 10.6. The van der Waals surface area contributed by atoms with E-state index >= 15 is 0 Å². The molecule has 0 radical (unpaired) electrons. The molecule has 0 aromatic carbocycles. The normalized spacial score (nSPS) is 16.7. The fourth-order valence-corrected chi connectivity index (χ4v) is 4.49. The van der Waals surface area contributed by atoms with Gasteiger partial charge < -0.3 is 15.4 Å². The summed E-state index contributed by atoms with van der Waals surface area (Å²) in [7, 11) is -1.50. The summed E-state index contributed by atoms with van der Waals surface area (Å²) in [4.78, 5) is 4.39. The van der Waals surface area contributed by atoms with Crippen molar-refractivity contribution in [3.8, 4) is 0 Å².